The molecule has 232 valence electrons. The number of hydrogen-bond acceptors (Lipinski definition) is 10. The minimum Gasteiger partial charge on any atom is -0.390 e. The molecule has 0 amide bonds. The van der Waals surface area contributed by atoms with Crippen LogP contribution in [-0.2, 0) is 34.6 Å². The minimum atomic E-state index is -5.05. The fourth-order valence-corrected chi connectivity index (χ4v) is 5.19. The van der Waals surface area contributed by atoms with Crippen LogP contribution < -0.4 is 16.3 Å². The number of ether oxygens (including phenoxy) is 1. The summed E-state index contributed by atoms with van der Waals surface area (Å²) in [6.45, 7) is 3.00. The highest BCUT2D eigenvalue weighted by Crippen LogP contribution is 2.45. The Labute approximate surface area is 246 Å². The number of phosphoric acid groups is 1. The lowest BCUT2D eigenvalue weighted by Crippen LogP contribution is -2.46. The predicted octanol–water partition coefficient (Wildman–Crippen LogP) is 3.04. The Bertz CT molecular complexity index is 1540. The number of aromatic amines is 1. The zero-order valence-corrected chi connectivity index (χ0v) is 24.3. The second-order valence-corrected chi connectivity index (χ2v) is 11.4. The monoisotopic (exact) mass is 621 g/mol. The number of aliphatic hydroxyl groups excluding tert-OH is 1. The highest BCUT2D eigenvalue weighted by molar-refractivity contribution is 7.48. The standard InChI is InChI=1S/C28H33FN3O10P/c1-3-18(2)25(32(20-12-8-5-9-13-20)39-16-19-10-6-4-7-11-19)27(35)42-43(37,38)40-17-23-22(33)14-24(41-23)31-15-21(29)26(34)30-28(31)36/h4-13,15,18,22-25,33H,3,14,16-17H2,1-2H3,(H,37,38)(H,30,34,36)/t18-,22-,23+,24+,25-/m0/s1. The first kappa shape index (κ1) is 32.3. The van der Waals surface area contributed by atoms with Gasteiger partial charge in [-0.05, 0) is 23.6 Å². The van der Waals surface area contributed by atoms with E-state index in [0.29, 0.717) is 18.3 Å². The van der Waals surface area contributed by atoms with Gasteiger partial charge in [-0.3, -0.25) is 28.6 Å². The van der Waals surface area contributed by atoms with E-state index in [0.717, 1.165) is 10.1 Å². The lowest BCUT2D eigenvalue weighted by atomic mass is 9.98. The van der Waals surface area contributed by atoms with Crippen molar-refractivity contribution in [2.24, 2.45) is 5.92 Å². The third-order valence-corrected chi connectivity index (χ3v) is 7.83. The first-order valence-corrected chi connectivity index (χ1v) is 15.0. The van der Waals surface area contributed by atoms with E-state index in [9.17, 15) is 33.3 Å². The Morgan fingerprint density at radius 2 is 1.84 bits per heavy atom. The summed E-state index contributed by atoms with van der Waals surface area (Å²) in [7, 11) is -5.05. The van der Waals surface area contributed by atoms with Gasteiger partial charge >= 0.3 is 19.5 Å². The van der Waals surface area contributed by atoms with Gasteiger partial charge in [0, 0.05) is 6.42 Å². The molecule has 2 aromatic carbocycles. The van der Waals surface area contributed by atoms with Gasteiger partial charge in [0.15, 0.2) is 6.04 Å². The summed E-state index contributed by atoms with van der Waals surface area (Å²) in [6.07, 6.45) is -2.83. The smallest absolute Gasteiger partial charge is 0.390 e. The number of nitrogens with one attached hydrogen (secondary N) is 1. The number of rotatable bonds is 13. The number of hydrogen-bond donors (Lipinski definition) is 3. The predicted molar refractivity (Wildman–Crippen MR) is 151 cm³/mol. The van der Waals surface area contributed by atoms with Crippen molar-refractivity contribution in [3.05, 3.63) is 99.1 Å². The van der Waals surface area contributed by atoms with Crippen LogP contribution in [0.5, 0.6) is 0 Å². The molecule has 1 aliphatic heterocycles. The van der Waals surface area contributed by atoms with E-state index in [1.54, 1.807) is 42.2 Å². The van der Waals surface area contributed by atoms with E-state index in [4.69, 9.17) is 18.6 Å². The van der Waals surface area contributed by atoms with Gasteiger partial charge in [0.05, 0.1) is 31.2 Å². The average Bonchev–Trinajstić information content (AvgIpc) is 3.36. The molecule has 43 heavy (non-hydrogen) atoms. The van der Waals surface area contributed by atoms with Gasteiger partial charge in [-0.1, -0.05) is 68.8 Å². The summed E-state index contributed by atoms with van der Waals surface area (Å²) in [4.78, 5) is 55.1. The molecule has 1 unspecified atom stereocenters. The van der Waals surface area contributed by atoms with Crippen LogP contribution in [0.15, 0.2) is 76.4 Å². The molecule has 0 saturated carbocycles. The summed E-state index contributed by atoms with van der Waals surface area (Å²) in [5.74, 6) is -2.73. The lowest BCUT2D eigenvalue weighted by Gasteiger charge is -2.34. The number of benzene rings is 2. The maximum Gasteiger partial charge on any atom is 0.529 e. The van der Waals surface area contributed by atoms with Gasteiger partial charge in [-0.2, -0.15) is 4.39 Å². The summed E-state index contributed by atoms with van der Waals surface area (Å²) >= 11 is 0. The van der Waals surface area contributed by atoms with Crippen LogP contribution in [0, 0.1) is 11.7 Å². The summed E-state index contributed by atoms with van der Waals surface area (Å²) in [6, 6.07) is 16.8. The van der Waals surface area contributed by atoms with Gasteiger partial charge in [0.2, 0.25) is 5.82 Å². The van der Waals surface area contributed by atoms with Gasteiger partial charge in [-0.25, -0.2) is 19.2 Å². The van der Waals surface area contributed by atoms with E-state index < -0.39 is 67.9 Å². The van der Waals surface area contributed by atoms with E-state index in [1.807, 2.05) is 37.3 Å². The van der Waals surface area contributed by atoms with Crippen molar-refractivity contribution in [3.8, 4) is 0 Å². The number of aliphatic hydroxyl groups is 1. The highest BCUT2D eigenvalue weighted by atomic mass is 31.2. The molecule has 13 nitrogen and oxygen atoms in total. The molecule has 6 atom stereocenters. The first-order chi connectivity index (χ1) is 20.5. The number of aromatic nitrogens is 2. The van der Waals surface area contributed by atoms with Crippen molar-refractivity contribution >= 4 is 19.5 Å². The Hall–Kier alpha value is -3.65. The van der Waals surface area contributed by atoms with E-state index >= 15 is 0 Å². The van der Waals surface area contributed by atoms with Gasteiger partial charge < -0.3 is 14.4 Å². The maximum atomic E-state index is 13.7. The Kier molecular flexibility index (Phi) is 10.7. The van der Waals surface area contributed by atoms with Crippen LogP contribution in [0.1, 0.15) is 38.5 Å². The van der Waals surface area contributed by atoms with Crippen LogP contribution in [0.25, 0.3) is 0 Å². The number of H-pyrrole nitrogens is 1. The molecule has 15 heteroatoms. The van der Waals surface area contributed by atoms with E-state index in [-0.39, 0.29) is 13.0 Å². The van der Waals surface area contributed by atoms with Gasteiger partial charge in [-0.15, -0.1) is 0 Å². The van der Waals surface area contributed by atoms with Crippen LogP contribution in [-0.4, -0.2) is 50.4 Å². The first-order valence-electron chi connectivity index (χ1n) is 13.6. The van der Waals surface area contributed by atoms with E-state index in [2.05, 4.69) is 0 Å². The zero-order chi connectivity index (χ0) is 31.1. The number of hydroxylamine groups is 1. The molecular formula is C28H33FN3O10P. The molecule has 1 saturated heterocycles. The van der Waals surface area contributed by atoms with Crippen molar-refractivity contribution < 1.29 is 42.4 Å². The molecule has 1 aliphatic rings. The van der Waals surface area contributed by atoms with Gasteiger partial charge in [0.1, 0.15) is 12.3 Å². The average molecular weight is 622 g/mol. The van der Waals surface area contributed by atoms with Crippen molar-refractivity contribution in [2.75, 3.05) is 11.7 Å². The van der Waals surface area contributed by atoms with Crippen molar-refractivity contribution in [1.29, 1.82) is 0 Å². The number of halogens is 1. The molecule has 3 N–H and O–H groups in total. The molecule has 1 aromatic heterocycles. The molecule has 2 heterocycles. The summed E-state index contributed by atoms with van der Waals surface area (Å²) in [5.41, 5.74) is -0.844. The summed E-state index contributed by atoms with van der Waals surface area (Å²) in [5, 5.41) is 11.7. The zero-order valence-electron chi connectivity index (χ0n) is 23.4. The number of para-hydroxylation sites is 1. The largest absolute Gasteiger partial charge is 0.529 e. The molecule has 1 fully saturated rings. The minimum absolute atomic E-state index is 0.101. The molecule has 3 aromatic rings. The molecule has 0 aliphatic carbocycles. The quantitative estimate of drug-likeness (QED) is 0.189. The molecular weight excluding hydrogens is 588 g/mol. The number of phosphoric ester groups is 1. The Morgan fingerprint density at radius 3 is 2.49 bits per heavy atom. The van der Waals surface area contributed by atoms with Crippen LogP contribution in [0.3, 0.4) is 0 Å². The van der Waals surface area contributed by atoms with E-state index in [1.165, 1.54) is 5.06 Å². The van der Waals surface area contributed by atoms with Crippen molar-refractivity contribution in [3.63, 3.8) is 0 Å². The third kappa shape index (κ3) is 8.25. The topological polar surface area (TPSA) is 170 Å². The fraction of sp³-hybridized carbons (Fsp3) is 0.393. The molecule has 0 radical (unpaired) electrons. The number of carbonyl (C=O) groups excluding carboxylic acids is 1. The van der Waals surface area contributed by atoms with Crippen LogP contribution >= 0.6 is 7.82 Å². The number of nitrogens with zero attached hydrogens (tertiary/aromatic N) is 2. The Morgan fingerprint density at radius 1 is 1.19 bits per heavy atom. The van der Waals surface area contributed by atoms with Crippen molar-refractivity contribution in [1.82, 2.24) is 9.55 Å². The second-order valence-electron chi connectivity index (χ2n) is 10.0. The SMILES string of the molecule is CC[C@H](C)[C@@H](C(=O)OP(=O)(O)OC[C@H]1O[C@@H](n2cc(F)c(=O)[nH]c2=O)C[C@@H]1O)N(OCc1ccccc1)c1ccccc1. The third-order valence-electron chi connectivity index (χ3n) is 6.95. The molecule has 0 spiro atoms. The van der Waals surface area contributed by atoms with Crippen LogP contribution in [0.4, 0.5) is 10.1 Å². The second kappa shape index (κ2) is 14.2. The normalized spacial score (nSPS) is 21.1. The Balaban J connectivity index is 1.46. The highest BCUT2D eigenvalue weighted by Gasteiger charge is 2.41. The number of anilines is 1. The van der Waals surface area contributed by atoms with Gasteiger partial charge in [0.25, 0.3) is 5.56 Å². The number of carbonyl (C=O) groups is 1. The molecule has 0 bridgehead atoms. The van der Waals surface area contributed by atoms with Crippen LogP contribution in [0.2, 0.25) is 0 Å². The fourth-order valence-electron chi connectivity index (χ4n) is 4.46. The summed E-state index contributed by atoms with van der Waals surface area (Å²) < 4.78 is 42.8. The molecule has 4 rings (SSSR count). The van der Waals surface area contributed by atoms with Crippen molar-refractivity contribution in [2.45, 2.75) is 57.8 Å². The maximum absolute atomic E-state index is 13.7. The lowest BCUT2D eigenvalue weighted by molar-refractivity contribution is -0.142.